The highest BCUT2D eigenvalue weighted by atomic mass is 32.2. The molecule has 130 valence electrons. The van der Waals surface area contributed by atoms with Gasteiger partial charge in [0.1, 0.15) is 5.82 Å². The Bertz CT molecular complexity index is 831. The van der Waals surface area contributed by atoms with E-state index in [0.717, 1.165) is 19.4 Å². The van der Waals surface area contributed by atoms with E-state index in [9.17, 15) is 4.39 Å². The third kappa shape index (κ3) is 3.85. The molecule has 25 heavy (non-hydrogen) atoms. The monoisotopic (exact) mass is 362 g/mol. The van der Waals surface area contributed by atoms with E-state index in [0.29, 0.717) is 34.7 Å². The molecule has 3 heterocycles. The van der Waals surface area contributed by atoms with E-state index >= 15 is 0 Å². The molecule has 2 aromatic heterocycles. The fourth-order valence-corrected chi connectivity index (χ4v) is 3.28. The van der Waals surface area contributed by atoms with E-state index in [1.807, 2.05) is 0 Å². The molecule has 1 aliphatic rings. The summed E-state index contributed by atoms with van der Waals surface area (Å²) in [5.41, 5.74) is 0.674. The van der Waals surface area contributed by atoms with Gasteiger partial charge in [-0.25, -0.2) is 9.07 Å². The third-order valence-corrected chi connectivity index (χ3v) is 4.74. The van der Waals surface area contributed by atoms with Crippen LogP contribution in [0.1, 0.15) is 18.7 Å². The van der Waals surface area contributed by atoms with E-state index in [-0.39, 0.29) is 11.9 Å². The Morgan fingerprint density at radius 2 is 2.16 bits per heavy atom. The zero-order chi connectivity index (χ0) is 17.1. The van der Waals surface area contributed by atoms with Crippen LogP contribution in [0.5, 0.6) is 0 Å². The second-order valence-electron chi connectivity index (χ2n) is 5.59. The predicted octanol–water partition coefficient (Wildman–Crippen LogP) is 2.33. The number of nitrogens with zero attached hydrogens (tertiary/aromatic N) is 6. The minimum absolute atomic E-state index is 0.165. The first-order valence-corrected chi connectivity index (χ1v) is 8.85. The van der Waals surface area contributed by atoms with Gasteiger partial charge in [-0.15, -0.1) is 5.10 Å². The van der Waals surface area contributed by atoms with Crippen LogP contribution in [0, 0.1) is 5.82 Å². The molecule has 4 rings (SSSR count). The summed E-state index contributed by atoms with van der Waals surface area (Å²) in [4.78, 5) is 4.32. The second kappa shape index (κ2) is 7.28. The molecule has 0 bridgehead atoms. The number of ether oxygens (including phenoxy) is 1. The topological polar surface area (TPSA) is 91.8 Å². The summed E-state index contributed by atoms with van der Waals surface area (Å²) < 4.78 is 25.5. The van der Waals surface area contributed by atoms with Crippen molar-refractivity contribution >= 4 is 11.8 Å². The Labute approximate surface area is 146 Å². The van der Waals surface area contributed by atoms with Gasteiger partial charge in [0.05, 0.1) is 18.4 Å². The van der Waals surface area contributed by atoms with Gasteiger partial charge in [0.2, 0.25) is 5.16 Å². The van der Waals surface area contributed by atoms with Gasteiger partial charge >= 0.3 is 0 Å². The van der Waals surface area contributed by atoms with Crippen LogP contribution >= 0.6 is 11.8 Å². The molecule has 10 heteroatoms. The van der Waals surface area contributed by atoms with Crippen LogP contribution in [0.15, 0.2) is 33.9 Å². The molecule has 1 atom stereocenters. The molecule has 0 saturated carbocycles. The van der Waals surface area contributed by atoms with Crippen molar-refractivity contribution in [2.75, 3.05) is 6.61 Å². The van der Waals surface area contributed by atoms with Gasteiger partial charge in [0, 0.05) is 12.2 Å². The minimum atomic E-state index is -0.308. The molecule has 0 aliphatic carbocycles. The molecule has 0 amide bonds. The third-order valence-electron chi connectivity index (χ3n) is 3.79. The van der Waals surface area contributed by atoms with Crippen molar-refractivity contribution in [3.63, 3.8) is 0 Å². The molecule has 3 aromatic rings. The summed E-state index contributed by atoms with van der Waals surface area (Å²) in [5, 5.41) is 16.4. The summed E-state index contributed by atoms with van der Waals surface area (Å²) in [6.45, 7) is 1.44. The number of thioether (sulfide) groups is 1. The van der Waals surface area contributed by atoms with Crippen LogP contribution in [-0.4, -0.2) is 43.1 Å². The number of hydrogen-bond donors (Lipinski definition) is 0. The van der Waals surface area contributed by atoms with Gasteiger partial charge in [0.15, 0.2) is 5.82 Å². The van der Waals surface area contributed by atoms with E-state index in [4.69, 9.17) is 9.26 Å². The smallest absolute Gasteiger partial charge is 0.257 e. The first-order chi connectivity index (χ1) is 12.3. The summed E-state index contributed by atoms with van der Waals surface area (Å²) in [6.07, 6.45) is 2.26. The van der Waals surface area contributed by atoms with Crippen LogP contribution in [0.25, 0.3) is 11.5 Å². The fraction of sp³-hybridized carbons (Fsp3) is 0.400. The Morgan fingerprint density at radius 3 is 2.96 bits per heavy atom. The van der Waals surface area contributed by atoms with E-state index < -0.39 is 0 Å². The van der Waals surface area contributed by atoms with Crippen LogP contribution in [0.2, 0.25) is 0 Å². The normalized spacial score (nSPS) is 17.2. The Hall–Kier alpha value is -2.33. The summed E-state index contributed by atoms with van der Waals surface area (Å²) >= 11 is 1.43. The van der Waals surface area contributed by atoms with Crippen LogP contribution in [-0.2, 0) is 17.0 Å². The minimum Gasteiger partial charge on any atom is -0.376 e. The maximum atomic E-state index is 13.0. The number of benzene rings is 1. The molecular formula is C15H15FN6O2S. The number of halogens is 1. The summed E-state index contributed by atoms with van der Waals surface area (Å²) in [5.74, 6) is 1.04. The summed E-state index contributed by atoms with van der Waals surface area (Å²) in [6, 6.07) is 5.91. The van der Waals surface area contributed by atoms with Gasteiger partial charge in [-0.05, 0) is 47.5 Å². The summed E-state index contributed by atoms with van der Waals surface area (Å²) in [7, 11) is 0. The van der Waals surface area contributed by atoms with E-state index in [2.05, 4.69) is 25.7 Å². The Morgan fingerprint density at radius 1 is 1.28 bits per heavy atom. The van der Waals surface area contributed by atoms with Gasteiger partial charge in [-0.2, -0.15) is 4.98 Å². The van der Waals surface area contributed by atoms with Crippen molar-refractivity contribution in [1.29, 1.82) is 0 Å². The molecule has 1 fully saturated rings. The zero-order valence-corrected chi connectivity index (χ0v) is 14.0. The van der Waals surface area contributed by atoms with Gasteiger partial charge in [-0.3, -0.25) is 0 Å². The first kappa shape index (κ1) is 16.2. The molecule has 0 radical (unpaired) electrons. The standard InChI is InChI=1S/C15H15FN6O2S/c16-11-5-3-10(4-6-11)14-17-13(19-24-14)9-25-15-18-20-21-22(15)8-12-2-1-7-23-12/h3-6,12H,1-2,7-9H2. The van der Waals surface area contributed by atoms with Crippen molar-refractivity contribution < 1.29 is 13.7 Å². The lowest BCUT2D eigenvalue weighted by Crippen LogP contribution is -2.16. The van der Waals surface area contributed by atoms with Crippen LogP contribution < -0.4 is 0 Å². The molecule has 0 N–H and O–H groups in total. The molecule has 1 unspecified atom stereocenters. The van der Waals surface area contributed by atoms with E-state index in [1.54, 1.807) is 16.8 Å². The van der Waals surface area contributed by atoms with Gasteiger partial charge < -0.3 is 9.26 Å². The first-order valence-electron chi connectivity index (χ1n) is 7.87. The lowest BCUT2D eigenvalue weighted by molar-refractivity contribution is 0.0912. The fourth-order valence-electron chi connectivity index (χ4n) is 2.55. The molecule has 1 aliphatic heterocycles. The van der Waals surface area contributed by atoms with Crippen molar-refractivity contribution in [2.24, 2.45) is 0 Å². The largest absolute Gasteiger partial charge is 0.376 e. The Kier molecular flexibility index (Phi) is 4.70. The number of tetrazole rings is 1. The highest BCUT2D eigenvalue weighted by molar-refractivity contribution is 7.98. The number of aromatic nitrogens is 6. The molecule has 1 aromatic carbocycles. The second-order valence-corrected chi connectivity index (χ2v) is 6.53. The average Bonchev–Trinajstić information content (AvgIpc) is 3.36. The van der Waals surface area contributed by atoms with E-state index in [1.165, 1.54) is 23.9 Å². The van der Waals surface area contributed by atoms with Crippen molar-refractivity contribution in [2.45, 2.75) is 36.4 Å². The zero-order valence-electron chi connectivity index (χ0n) is 13.2. The maximum absolute atomic E-state index is 13.0. The number of hydrogen-bond acceptors (Lipinski definition) is 8. The Balaban J connectivity index is 1.39. The SMILES string of the molecule is Fc1ccc(-c2nc(CSc3nnnn3CC3CCCO3)no2)cc1. The lowest BCUT2D eigenvalue weighted by Gasteiger charge is -2.09. The predicted molar refractivity (Wildman–Crippen MR) is 86.0 cm³/mol. The van der Waals surface area contributed by atoms with Crippen molar-refractivity contribution in [1.82, 2.24) is 30.3 Å². The molecule has 0 spiro atoms. The highest BCUT2D eigenvalue weighted by Gasteiger charge is 2.19. The quantitative estimate of drug-likeness (QED) is 0.617. The van der Waals surface area contributed by atoms with Crippen LogP contribution in [0.4, 0.5) is 4.39 Å². The average molecular weight is 362 g/mol. The molecule has 8 nitrogen and oxygen atoms in total. The van der Waals surface area contributed by atoms with Gasteiger partial charge in [0.25, 0.3) is 5.89 Å². The molecular weight excluding hydrogens is 347 g/mol. The van der Waals surface area contributed by atoms with Crippen LogP contribution in [0.3, 0.4) is 0 Å². The van der Waals surface area contributed by atoms with Gasteiger partial charge in [-0.1, -0.05) is 16.9 Å². The number of rotatable bonds is 6. The highest BCUT2D eigenvalue weighted by Crippen LogP contribution is 2.23. The van der Waals surface area contributed by atoms with Crippen molar-refractivity contribution in [3.8, 4) is 11.5 Å². The lowest BCUT2D eigenvalue weighted by atomic mass is 10.2. The van der Waals surface area contributed by atoms with Crippen molar-refractivity contribution in [3.05, 3.63) is 35.9 Å². The molecule has 1 saturated heterocycles. The maximum Gasteiger partial charge on any atom is 0.257 e.